The molecule has 0 bridgehead atoms. The summed E-state index contributed by atoms with van der Waals surface area (Å²) >= 11 is 0. The molecule has 0 aliphatic carbocycles. The number of hydrogen-bond donors (Lipinski definition) is 2. The minimum absolute atomic E-state index is 0.0112. The molecule has 49 heavy (non-hydrogen) atoms. The molecular weight excluding hydrogens is 656 g/mol. The zero-order valence-corrected chi connectivity index (χ0v) is 28.5. The third-order valence-corrected chi connectivity index (χ3v) is 10.5. The minimum atomic E-state index is -4.07. The summed E-state index contributed by atoms with van der Waals surface area (Å²) < 4.78 is 64.5. The number of carbonyl (C=O) groups is 1. The molecule has 3 aliphatic heterocycles. The molecule has 15 heteroatoms. The molecule has 14 nitrogen and oxygen atoms in total. The van der Waals surface area contributed by atoms with E-state index in [-0.39, 0.29) is 49.6 Å². The van der Waals surface area contributed by atoms with Crippen molar-refractivity contribution in [1.29, 1.82) is 0 Å². The molecule has 0 radical (unpaired) electrons. The topological polar surface area (TPSA) is 160 Å². The van der Waals surface area contributed by atoms with Gasteiger partial charge in [0.1, 0.15) is 11.9 Å². The van der Waals surface area contributed by atoms with Crippen LogP contribution in [0.4, 0.5) is 4.79 Å². The first-order valence-electron chi connectivity index (χ1n) is 16.6. The first-order valence-corrected chi connectivity index (χ1v) is 18.1. The van der Waals surface area contributed by atoms with E-state index in [1.54, 1.807) is 12.3 Å². The van der Waals surface area contributed by atoms with E-state index in [2.05, 4.69) is 10.4 Å². The lowest BCUT2D eigenvalue weighted by atomic mass is 10.0. The summed E-state index contributed by atoms with van der Waals surface area (Å²) in [4.78, 5) is 13.3. The standard InChI is InChI=1S/C34H44N4O10S/c1-23(2)19-38(49(41,42)26-9-10-30-31(18-26)47-22-46-30)20-29(39)28(36-34(40)48-32-21-45-33-27(32)11-16-44-33)17-24-5-7-25(8-6-24)43-15-4-14-37-13-3-12-35-37/h3,5-10,12-13,18,23,27-29,32-33,39H,4,11,14-17,19-22H2,1-2H3,(H,36,40)/t27-,28-,29+,32+,33+/m0/s1. The van der Waals surface area contributed by atoms with Crippen LogP contribution in [0.15, 0.2) is 65.8 Å². The van der Waals surface area contributed by atoms with Gasteiger partial charge in [-0.3, -0.25) is 4.68 Å². The van der Waals surface area contributed by atoms with Crippen LogP contribution in [0, 0.1) is 11.8 Å². The first kappa shape index (κ1) is 35.0. The number of aromatic nitrogens is 2. The van der Waals surface area contributed by atoms with Crippen molar-refractivity contribution < 1.29 is 46.7 Å². The van der Waals surface area contributed by atoms with Crippen LogP contribution in [-0.4, -0.2) is 97.9 Å². The Morgan fingerprint density at radius 2 is 1.94 bits per heavy atom. The van der Waals surface area contributed by atoms with E-state index in [1.165, 1.54) is 16.4 Å². The fraction of sp³-hybridized carbons (Fsp3) is 0.529. The van der Waals surface area contributed by atoms with Crippen LogP contribution in [0.1, 0.15) is 32.3 Å². The largest absolute Gasteiger partial charge is 0.494 e. The van der Waals surface area contributed by atoms with Crippen molar-refractivity contribution in [2.45, 2.75) is 69.1 Å². The Balaban J connectivity index is 1.15. The highest BCUT2D eigenvalue weighted by Gasteiger charge is 2.44. The van der Waals surface area contributed by atoms with Crippen LogP contribution < -0.4 is 19.5 Å². The predicted octanol–water partition coefficient (Wildman–Crippen LogP) is 3.19. The molecule has 0 unspecified atom stereocenters. The second-order valence-corrected chi connectivity index (χ2v) is 14.8. The fourth-order valence-corrected chi connectivity index (χ4v) is 7.82. The Bertz CT molecular complexity index is 1640. The predicted molar refractivity (Wildman–Crippen MR) is 176 cm³/mol. The smallest absolute Gasteiger partial charge is 0.407 e. The number of benzene rings is 2. The molecule has 1 amide bonds. The zero-order chi connectivity index (χ0) is 34.4. The van der Waals surface area contributed by atoms with Gasteiger partial charge in [0.05, 0.1) is 42.8 Å². The molecule has 3 aromatic rings. The highest BCUT2D eigenvalue weighted by molar-refractivity contribution is 7.89. The molecule has 1 aromatic heterocycles. The Kier molecular flexibility index (Phi) is 11.2. The van der Waals surface area contributed by atoms with Crippen molar-refractivity contribution in [2.75, 3.05) is 39.7 Å². The van der Waals surface area contributed by atoms with Gasteiger partial charge < -0.3 is 38.8 Å². The maximum Gasteiger partial charge on any atom is 0.407 e. The van der Waals surface area contributed by atoms with Gasteiger partial charge in [0, 0.05) is 44.5 Å². The Labute approximate surface area is 286 Å². The summed E-state index contributed by atoms with van der Waals surface area (Å²) in [5.74, 6) is 1.37. The van der Waals surface area contributed by atoms with Crippen LogP contribution in [-0.2, 0) is 37.2 Å². The Morgan fingerprint density at radius 3 is 2.71 bits per heavy atom. The number of aliphatic hydroxyl groups is 1. The van der Waals surface area contributed by atoms with Gasteiger partial charge in [-0.1, -0.05) is 26.0 Å². The summed E-state index contributed by atoms with van der Waals surface area (Å²) in [6, 6.07) is 12.8. The number of hydrogen-bond acceptors (Lipinski definition) is 11. The SMILES string of the molecule is CC(C)CN(C[C@@H](O)[C@H](Cc1ccc(OCCCn2cccn2)cc1)NC(=O)O[C@@H]1CO[C@H]2OCC[C@H]21)S(=O)(=O)c1ccc2c(c1)OCO2. The van der Waals surface area contributed by atoms with Gasteiger partial charge in [-0.2, -0.15) is 9.40 Å². The molecule has 2 fully saturated rings. The van der Waals surface area contributed by atoms with Crippen LogP contribution in [0.2, 0.25) is 0 Å². The number of nitrogens with one attached hydrogen (secondary N) is 1. The summed E-state index contributed by atoms with van der Waals surface area (Å²) in [6.45, 7) is 5.67. The number of aliphatic hydroxyl groups excluding tert-OH is 1. The van der Waals surface area contributed by atoms with Crippen LogP contribution >= 0.6 is 0 Å². The number of aryl methyl sites for hydroxylation is 1. The highest BCUT2D eigenvalue weighted by Crippen LogP contribution is 2.35. The number of sulfonamides is 1. The van der Waals surface area contributed by atoms with Crippen molar-refractivity contribution in [1.82, 2.24) is 19.4 Å². The van der Waals surface area contributed by atoms with Gasteiger partial charge in [0.25, 0.3) is 0 Å². The maximum absolute atomic E-state index is 13.9. The molecule has 6 rings (SSSR count). The average molecular weight is 701 g/mol. The van der Waals surface area contributed by atoms with E-state index in [9.17, 15) is 18.3 Å². The van der Waals surface area contributed by atoms with Crippen molar-refractivity contribution in [3.63, 3.8) is 0 Å². The lowest BCUT2D eigenvalue weighted by Crippen LogP contribution is -2.51. The number of nitrogens with zero attached hydrogens (tertiary/aromatic N) is 3. The summed E-state index contributed by atoms with van der Waals surface area (Å²) in [6.07, 6.45) is 2.44. The van der Waals surface area contributed by atoms with Gasteiger partial charge in [-0.25, -0.2) is 13.2 Å². The van der Waals surface area contributed by atoms with E-state index in [4.69, 9.17) is 28.4 Å². The second kappa shape index (κ2) is 15.8. The third-order valence-electron chi connectivity index (χ3n) is 8.69. The van der Waals surface area contributed by atoms with E-state index in [1.807, 2.05) is 55.1 Å². The highest BCUT2D eigenvalue weighted by atomic mass is 32.2. The molecule has 2 saturated heterocycles. The number of ether oxygens (including phenoxy) is 6. The summed E-state index contributed by atoms with van der Waals surface area (Å²) in [5.41, 5.74) is 0.802. The molecule has 0 spiro atoms. The molecule has 2 N–H and O–H groups in total. The molecule has 4 heterocycles. The molecule has 0 saturated carbocycles. The van der Waals surface area contributed by atoms with Gasteiger partial charge in [0.2, 0.25) is 16.8 Å². The van der Waals surface area contributed by atoms with Gasteiger partial charge in [-0.05, 0) is 54.7 Å². The first-order chi connectivity index (χ1) is 23.7. The van der Waals surface area contributed by atoms with Crippen molar-refractivity contribution >= 4 is 16.1 Å². The van der Waals surface area contributed by atoms with Crippen molar-refractivity contribution in [2.24, 2.45) is 11.8 Å². The number of carbonyl (C=O) groups excluding carboxylic acids is 1. The molecule has 5 atom stereocenters. The number of fused-ring (bicyclic) bond motifs is 2. The third kappa shape index (κ3) is 8.83. The maximum atomic E-state index is 13.9. The zero-order valence-electron chi connectivity index (χ0n) is 27.7. The lowest BCUT2D eigenvalue weighted by molar-refractivity contribution is -0.0907. The van der Waals surface area contributed by atoms with Crippen molar-refractivity contribution in [3.05, 3.63) is 66.5 Å². The quantitative estimate of drug-likeness (QED) is 0.211. The normalized spacial score (nSPS) is 21.1. The molecule has 3 aliphatic rings. The number of alkyl carbamates (subject to hydrolysis) is 1. The van der Waals surface area contributed by atoms with E-state index in [0.717, 1.165) is 18.5 Å². The van der Waals surface area contributed by atoms with Crippen LogP contribution in [0.3, 0.4) is 0 Å². The second-order valence-electron chi connectivity index (χ2n) is 12.8. The monoisotopic (exact) mass is 700 g/mol. The average Bonchev–Trinajstić information content (AvgIpc) is 3.90. The van der Waals surface area contributed by atoms with Crippen LogP contribution in [0.5, 0.6) is 17.2 Å². The van der Waals surface area contributed by atoms with Crippen LogP contribution in [0.25, 0.3) is 0 Å². The van der Waals surface area contributed by atoms with E-state index in [0.29, 0.717) is 36.9 Å². The van der Waals surface area contributed by atoms with Gasteiger partial charge >= 0.3 is 6.09 Å². The molecule has 2 aromatic carbocycles. The Morgan fingerprint density at radius 1 is 1.12 bits per heavy atom. The van der Waals surface area contributed by atoms with E-state index < -0.39 is 40.7 Å². The van der Waals surface area contributed by atoms with E-state index >= 15 is 0 Å². The fourth-order valence-electron chi connectivity index (χ4n) is 6.18. The summed E-state index contributed by atoms with van der Waals surface area (Å²) in [5, 5.41) is 18.7. The van der Waals surface area contributed by atoms with Gasteiger partial charge in [-0.15, -0.1) is 0 Å². The molecule has 266 valence electrons. The number of amides is 1. The lowest BCUT2D eigenvalue weighted by Gasteiger charge is -2.31. The molecular formula is C34H44N4O10S. The van der Waals surface area contributed by atoms with Gasteiger partial charge in [0.15, 0.2) is 17.8 Å². The number of rotatable bonds is 16. The Hall–Kier alpha value is -3.89. The minimum Gasteiger partial charge on any atom is -0.494 e. The van der Waals surface area contributed by atoms with Crippen molar-refractivity contribution in [3.8, 4) is 17.2 Å². The summed E-state index contributed by atoms with van der Waals surface area (Å²) in [7, 11) is -4.07.